The van der Waals surface area contributed by atoms with Gasteiger partial charge in [0.05, 0.1) is 0 Å². The highest BCUT2D eigenvalue weighted by Crippen LogP contribution is 2.28. The fourth-order valence-electron chi connectivity index (χ4n) is 1.94. The molecule has 0 amide bonds. The van der Waals surface area contributed by atoms with Crippen molar-refractivity contribution in [3.63, 3.8) is 0 Å². The van der Waals surface area contributed by atoms with Crippen LogP contribution in [-0.2, 0) is 9.16 Å². The van der Waals surface area contributed by atoms with E-state index < -0.39 is 8.32 Å². The van der Waals surface area contributed by atoms with Gasteiger partial charge in [-0.1, -0.05) is 30.3 Å². The Morgan fingerprint density at radius 3 is 2.14 bits per heavy atom. The van der Waals surface area contributed by atoms with Gasteiger partial charge in [0.15, 0.2) is 0 Å². The van der Waals surface area contributed by atoms with Crippen LogP contribution in [0.4, 0.5) is 0 Å². The van der Waals surface area contributed by atoms with E-state index in [1.54, 1.807) is 0 Å². The molecule has 1 aromatic carbocycles. The molecule has 0 aromatic heterocycles. The van der Waals surface area contributed by atoms with Crippen molar-refractivity contribution >= 4 is 8.32 Å². The van der Waals surface area contributed by atoms with Crippen molar-refractivity contribution in [2.24, 2.45) is 0 Å². The van der Waals surface area contributed by atoms with Gasteiger partial charge < -0.3 is 14.1 Å². The van der Waals surface area contributed by atoms with Crippen molar-refractivity contribution in [1.29, 1.82) is 0 Å². The Kier molecular flexibility index (Phi) is 6.49. The van der Waals surface area contributed by atoms with E-state index in [4.69, 9.17) is 9.16 Å². The van der Waals surface area contributed by atoms with Crippen molar-refractivity contribution in [3.05, 3.63) is 47.9 Å². The number of hydrogen-bond donors (Lipinski definition) is 0. The summed E-state index contributed by atoms with van der Waals surface area (Å²) in [6, 6.07) is 10.6. The summed E-state index contributed by atoms with van der Waals surface area (Å²) >= 11 is 0. The van der Waals surface area contributed by atoms with Crippen LogP contribution in [0, 0.1) is 0 Å². The van der Waals surface area contributed by atoms with Crippen LogP contribution in [0.25, 0.3) is 0 Å². The lowest BCUT2D eigenvalue weighted by Crippen LogP contribution is -2.34. The topological polar surface area (TPSA) is 21.7 Å². The van der Waals surface area contributed by atoms with Crippen LogP contribution in [0.5, 0.6) is 0 Å². The molecule has 0 aliphatic rings. The second-order valence-electron chi connectivity index (χ2n) is 6.48. The van der Waals surface area contributed by atoms with Gasteiger partial charge in [-0.3, -0.25) is 0 Å². The molecule has 0 N–H and O–H groups in total. The molecule has 0 saturated carbocycles. The summed E-state index contributed by atoms with van der Waals surface area (Å²) in [4.78, 5) is 2.17. The summed E-state index contributed by atoms with van der Waals surface area (Å²) in [6.07, 6.45) is 1.86. The van der Waals surface area contributed by atoms with Gasteiger partial charge in [0.2, 0.25) is 8.32 Å². The van der Waals surface area contributed by atoms with E-state index in [0.29, 0.717) is 5.95 Å². The Hall–Kier alpha value is -1.26. The number of ether oxygens (including phenoxy) is 1. The van der Waals surface area contributed by atoms with E-state index in [0.717, 1.165) is 5.56 Å². The molecule has 1 rings (SSSR count). The summed E-state index contributed by atoms with van der Waals surface area (Å²) in [6.45, 7) is 10.6. The third-order valence-corrected chi connectivity index (χ3v) is 4.08. The summed E-state index contributed by atoms with van der Waals surface area (Å²) in [5.74, 6) is 0.636. The molecule has 0 spiro atoms. The first kappa shape index (κ1) is 17.8. The van der Waals surface area contributed by atoms with Crippen molar-refractivity contribution < 1.29 is 9.16 Å². The molecule has 2 atom stereocenters. The second-order valence-corrected chi connectivity index (χ2v) is 10.9. The van der Waals surface area contributed by atoms with Crippen molar-refractivity contribution in [1.82, 2.24) is 4.90 Å². The maximum Gasteiger partial charge on any atom is 0.261 e. The molecule has 0 aliphatic carbocycles. The molecule has 0 bridgehead atoms. The molecular weight excluding hydrogens is 278 g/mol. The number of likely N-dealkylation sites (N-methyl/N-ethyl adjacent to an activating group) is 1. The first-order chi connectivity index (χ1) is 9.74. The van der Waals surface area contributed by atoms with Gasteiger partial charge in [0.1, 0.15) is 6.10 Å². The minimum absolute atomic E-state index is 0.0521. The van der Waals surface area contributed by atoms with Gasteiger partial charge in [0.25, 0.3) is 5.95 Å². The maximum atomic E-state index is 6.22. The quantitative estimate of drug-likeness (QED) is 0.550. The van der Waals surface area contributed by atoms with E-state index in [-0.39, 0.29) is 12.1 Å². The molecule has 0 radical (unpaired) electrons. The third-order valence-electron chi connectivity index (χ3n) is 3.27. The lowest BCUT2D eigenvalue weighted by Gasteiger charge is -2.32. The molecule has 4 heteroatoms. The van der Waals surface area contributed by atoms with Gasteiger partial charge in [0, 0.05) is 6.04 Å². The van der Waals surface area contributed by atoms with E-state index in [1.165, 1.54) is 0 Å². The number of rotatable bonds is 7. The second kappa shape index (κ2) is 7.66. The summed E-state index contributed by atoms with van der Waals surface area (Å²) in [7, 11) is 2.46. The highest BCUT2D eigenvalue weighted by Gasteiger charge is 2.26. The largest absolute Gasteiger partial charge is 0.520 e. The summed E-state index contributed by atoms with van der Waals surface area (Å²) < 4.78 is 12.2. The molecular formula is C17H29NO2Si. The fourth-order valence-corrected chi connectivity index (χ4v) is 2.71. The predicted molar refractivity (Wildman–Crippen MR) is 91.6 cm³/mol. The Morgan fingerprint density at radius 2 is 1.71 bits per heavy atom. The Morgan fingerprint density at radius 1 is 1.14 bits per heavy atom. The van der Waals surface area contributed by atoms with Crippen LogP contribution < -0.4 is 0 Å². The van der Waals surface area contributed by atoms with Crippen LogP contribution in [0.2, 0.25) is 19.6 Å². The van der Waals surface area contributed by atoms with Gasteiger partial charge in [-0.2, -0.15) is 0 Å². The highest BCUT2D eigenvalue weighted by molar-refractivity contribution is 6.69. The average molecular weight is 308 g/mol. The molecule has 118 valence electrons. The minimum atomic E-state index is -1.68. The average Bonchev–Trinajstić information content (AvgIpc) is 2.42. The van der Waals surface area contributed by atoms with Crippen molar-refractivity contribution in [3.8, 4) is 0 Å². The van der Waals surface area contributed by atoms with Gasteiger partial charge in [-0.15, -0.1) is 0 Å². The van der Waals surface area contributed by atoms with E-state index >= 15 is 0 Å². The molecule has 21 heavy (non-hydrogen) atoms. The lowest BCUT2D eigenvalue weighted by molar-refractivity contribution is -0.00315. The smallest absolute Gasteiger partial charge is 0.261 e. The van der Waals surface area contributed by atoms with Crippen molar-refractivity contribution in [2.75, 3.05) is 14.1 Å². The first-order valence-electron chi connectivity index (χ1n) is 7.48. The highest BCUT2D eigenvalue weighted by atomic mass is 28.4. The SMILES string of the molecule is C/C=C(\O[C@@H](c1ccccc1)[C@H](C)N(C)C)O[Si](C)(C)C. The normalized spacial score (nSPS) is 15.7. The minimum Gasteiger partial charge on any atom is -0.520 e. The zero-order valence-electron chi connectivity index (χ0n) is 14.4. The van der Waals surface area contributed by atoms with E-state index in [9.17, 15) is 0 Å². The van der Waals surface area contributed by atoms with Crippen LogP contribution in [-0.4, -0.2) is 33.4 Å². The monoisotopic (exact) mass is 307 g/mol. The molecule has 3 nitrogen and oxygen atoms in total. The van der Waals surface area contributed by atoms with E-state index in [1.807, 2.05) is 31.2 Å². The molecule has 1 aromatic rings. The molecule has 0 unspecified atom stereocenters. The first-order valence-corrected chi connectivity index (χ1v) is 10.9. The number of benzene rings is 1. The van der Waals surface area contributed by atoms with Crippen LogP contribution >= 0.6 is 0 Å². The van der Waals surface area contributed by atoms with Gasteiger partial charge in [-0.25, -0.2) is 0 Å². The van der Waals surface area contributed by atoms with Crippen LogP contribution in [0.15, 0.2) is 42.4 Å². The number of allylic oxidation sites excluding steroid dienone is 1. The van der Waals surface area contributed by atoms with Crippen LogP contribution in [0.3, 0.4) is 0 Å². The Balaban J connectivity index is 2.98. The standard InChI is InChI=1S/C17H29NO2Si/c1-8-16(20-21(5,6)7)19-17(14(2)18(3)4)15-12-10-9-11-13-15/h8-14,17H,1-7H3/b16-8+/t14-,17+/m0/s1. The zero-order chi connectivity index (χ0) is 16.0. The Labute approximate surface area is 130 Å². The van der Waals surface area contributed by atoms with Gasteiger partial charge >= 0.3 is 0 Å². The molecule has 0 aliphatic heterocycles. The third kappa shape index (κ3) is 5.94. The van der Waals surface area contributed by atoms with Crippen LogP contribution in [0.1, 0.15) is 25.5 Å². The fraction of sp³-hybridized carbons (Fsp3) is 0.529. The summed E-state index contributed by atoms with van der Waals surface area (Å²) in [5, 5.41) is 0. The predicted octanol–water partition coefficient (Wildman–Crippen LogP) is 4.41. The van der Waals surface area contributed by atoms with Gasteiger partial charge in [-0.05, 0) is 59.2 Å². The Bertz CT molecular complexity index is 452. The zero-order valence-corrected chi connectivity index (χ0v) is 15.4. The number of hydrogen-bond acceptors (Lipinski definition) is 3. The van der Waals surface area contributed by atoms with E-state index in [2.05, 4.69) is 57.7 Å². The molecule has 0 fully saturated rings. The lowest BCUT2D eigenvalue weighted by atomic mass is 10.0. The number of nitrogens with zero attached hydrogens (tertiary/aromatic N) is 1. The maximum absolute atomic E-state index is 6.22. The van der Waals surface area contributed by atoms with Crippen molar-refractivity contribution in [2.45, 2.75) is 45.6 Å². The molecule has 0 heterocycles. The summed E-state index contributed by atoms with van der Waals surface area (Å²) in [5.41, 5.74) is 1.16. The molecule has 0 saturated heterocycles.